The van der Waals surface area contributed by atoms with Crippen LogP contribution in [0.25, 0.3) is 10.9 Å². The van der Waals surface area contributed by atoms with Crippen LogP contribution in [0.5, 0.6) is 5.75 Å². The predicted octanol–water partition coefficient (Wildman–Crippen LogP) is 3.58. The van der Waals surface area contributed by atoms with Crippen LogP contribution in [0.3, 0.4) is 0 Å². The summed E-state index contributed by atoms with van der Waals surface area (Å²) < 4.78 is 6.11. The Morgan fingerprint density at radius 1 is 1.08 bits per heavy atom. The standard InChI is InChI=1S/C20H23N3O3/c1-22(2)14-10-15-17(19(23(3)4)18(21-15)20(24)25)16(11-14)26-12-13-8-6-5-7-9-13/h5-11,21H,12H2,1-4H3,(H,24,25). The number of ether oxygens (including phenoxy) is 1. The smallest absolute Gasteiger partial charge is 0.354 e. The number of nitrogens with one attached hydrogen (secondary N) is 1. The second-order valence-corrected chi connectivity index (χ2v) is 6.58. The molecule has 2 aromatic carbocycles. The third kappa shape index (κ3) is 3.31. The Morgan fingerprint density at radius 2 is 1.77 bits per heavy atom. The van der Waals surface area contributed by atoms with Gasteiger partial charge in [-0.25, -0.2) is 4.79 Å². The number of fused-ring (bicyclic) bond motifs is 1. The van der Waals surface area contributed by atoms with Gasteiger partial charge in [0.25, 0.3) is 0 Å². The highest BCUT2D eigenvalue weighted by Crippen LogP contribution is 2.40. The monoisotopic (exact) mass is 353 g/mol. The Morgan fingerprint density at radius 3 is 2.35 bits per heavy atom. The lowest BCUT2D eigenvalue weighted by molar-refractivity contribution is 0.0692. The van der Waals surface area contributed by atoms with Gasteiger partial charge in [0, 0.05) is 39.9 Å². The first-order valence-electron chi connectivity index (χ1n) is 8.33. The van der Waals surface area contributed by atoms with Crippen molar-refractivity contribution in [3.05, 3.63) is 53.7 Å². The van der Waals surface area contributed by atoms with Gasteiger partial charge in [0.15, 0.2) is 0 Å². The summed E-state index contributed by atoms with van der Waals surface area (Å²) in [5.41, 5.74) is 3.49. The van der Waals surface area contributed by atoms with E-state index >= 15 is 0 Å². The largest absolute Gasteiger partial charge is 0.488 e. The minimum Gasteiger partial charge on any atom is -0.488 e. The van der Waals surface area contributed by atoms with Gasteiger partial charge < -0.3 is 24.6 Å². The van der Waals surface area contributed by atoms with Crippen molar-refractivity contribution in [1.29, 1.82) is 0 Å². The van der Waals surface area contributed by atoms with E-state index in [1.807, 2.05) is 75.6 Å². The highest BCUT2D eigenvalue weighted by Gasteiger charge is 2.23. The molecule has 0 atom stereocenters. The van der Waals surface area contributed by atoms with Crippen LogP contribution < -0.4 is 14.5 Å². The van der Waals surface area contributed by atoms with E-state index in [4.69, 9.17) is 4.74 Å². The van der Waals surface area contributed by atoms with Crippen LogP contribution >= 0.6 is 0 Å². The maximum Gasteiger partial charge on any atom is 0.354 e. The summed E-state index contributed by atoms with van der Waals surface area (Å²) in [5.74, 6) is -0.340. The second-order valence-electron chi connectivity index (χ2n) is 6.58. The lowest BCUT2D eigenvalue weighted by Gasteiger charge is -2.18. The fourth-order valence-electron chi connectivity index (χ4n) is 2.97. The van der Waals surface area contributed by atoms with Gasteiger partial charge >= 0.3 is 5.97 Å². The first-order chi connectivity index (χ1) is 12.4. The number of hydrogen-bond acceptors (Lipinski definition) is 4. The first-order valence-corrected chi connectivity index (χ1v) is 8.33. The lowest BCUT2D eigenvalue weighted by atomic mass is 10.1. The van der Waals surface area contributed by atoms with Crippen LogP contribution in [-0.2, 0) is 6.61 Å². The number of carboxylic acids is 1. The van der Waals surface area contributed by atoms with Crippen molar-refractivity contribution >= 4 is 28.2 Å². The zero-order valence-electron chi connectivity index (χ0n) is 15.4. The highest BCUT2D eigenvalue weighted by atomic mass is 16.5. The van der Waals surface area contributed by atoms with Crippen LogP contribution in [0.1, 0.15) is 16.1 Å². The minimum atomic E-state index is -0.995. The molecule has 0 saturated heterocycles. The number of H-pyrrole nitrogens is 1. The number of benzene rings is 2. The summed E-state index contributed by atoms with van der Waals surface area (Å²) in [6.45, 7) is 0.410. The molecule has 0 spiro atoms. The predicted molar refractivity (Wildman–Crippen MR) is 105 cm³/mol. The van der Waals surface area contributed by atoms with Gasteiger partial charge in [-0.1, -0.05) is 30.3 Å². The van der Waals surface area contributed by atoms with Crippen molar-refractivity contribution in [2.75, 3.05) is 38.0 Å². The van der Waals surface area contributed by atoms with Crippen LogP contribution in [-0.4, -0.2) is 44.3 Å². The van der Waals surface area contributed by atoms with E-state index in [2.05, 4.69) is 4.98 Å². The number of nitrogens with zero attached hydrogens (tertiary/aromatic N) is 2. The number of aromatic amines is 1. The average Bonchev–Trinajstić information content (AvgIpc) is 3.00. The molecule has 6 nitrogen and oxygen atoms in total. The molecule has 3 aromatic rings. The maximum absolute atomic E-state index is 11.7. The number of carboxylic acid groups (broad SMARTS) is 1. The summed E-state index contributed by atoms with van der Waals surface area (Å²) in [6.07, 6.45) is 0. The third-order valence-electron chi connectivity index (χ3n) is 4.23. The zero-order valence-corrected chi connectivity index (χ0v) is 15.4. The number of aromatic nitrogens is 1. The SMILES string of the molecule is CN(C)c1cc(OCc2ccccc2)c2c(N(C)C)c(C(=O)O)[nH]c2c1. The van der Waals surface area contributed by atoms with Crippen LogP contribution in [0, 0.1) is 0 Å². The third-order valence-corrected chi connectivity index (χ3v) is 4.23. The summed E-state index contributed by atoms with van der Waals surface area (Å²) in [6, 6.07) is 13.8. The molecule has 1 aromatic heterocycles. The molecule has 0 aliphatic carbocycles. The Balaban J connectivity index is 2.15. The van der Waals surface area contributed by atoms with Crippen molar-refractivity contribution in [3.8, 4) is 5.75 Å². The quantitative estimate of drug-likeness (QED) is 0.709. The molecule has 0 amide bonds. The van der Waals surface area contributed by atoms with E-state index in [1.54, 1.807) is 4.90 Å². The van der Waals surface area contributed by atoms with E-state index in [9.17, 15) is 9.90 Å². The highest BCUT2D eigenvalue weighted by molar-refractivity contribution is 6.09. The fourth-order valence-corrected chi connectivity index (χ4v) is 2.97. The molecule has 0 fully saturated rings. The molecule has 1 heterocycles. The molecule has 0 saturated carbocycles. The van der Waals surface area contributed by atoms with Gasteiger partial charge in [-0.3, -0.25) is 0 Å². The van der Waals surface area contributed by atoms with Crippen molar-refractivity contribution in [2.24, 2.45) is 0 Å². The van der Waals surface area contributed by atoms with Crippen molar-refractivity contribution in [3.63, 3.8) is 0 Å². The van der Waals surface area contributed by atoms with Gasteiger partial charge in [-0.05, 0) is 11.6 Å². The van der Waals surface area contributed by atoms with Gasteiger partial charge in [-0.2, -0.15) is 0 Å². The molecule has 0 bridgehead atoms. The summed E-state index contributed by atoms with van der Waals surface area (Å²) in [5, 5.41) is 10.4. The Labute approximate surface area is 152 Å². The van der Waals surface area contributed by atoms with E-state index in [0.717, 1.165) is 22.2 Å². The van der Waals surface area contributed by atoms with E-state index in [0.29, 0.717) is 18.0 Å². The molecular formula is C20H23N3O3. The van der Waals surface area contributed by atoms with Crippen molar-refractivity contribution in [2.45, 2.75) is 6.61 Å². The van der Waals surface area contributed by atoms with Crippen LogP contribution in [0.15, 0.2) is 42.5 Å². The number of anilines is 2. The fraction of sp³-hybridized carbons (Fsp3) is 0.250. The minimum absolute atomic E-state index is 0.158. The molecular weight excluding hydrogens is 330 g/mol. The molecule has 0 aliphatic rings. The Bertz CT molecular complexity index is 930. The first kappa shape index (κ1) is 17.7. The summed E-state index contributed by atoms with van der Waals surface area (Å²) >= 11 is 0. The average molecular weight is 353 g/mol. The van der Waals surface area contributed by atoms with Gasteiger partial charge in [0.1, 0.15) is 18.1 Å². The molecule has 136 valence electrons. The molecule has 0 radical (unpaired) electrons. The topological polar surface area (TPSA) is 68.8 Å². The number of aromatic carboxylic acids is 1. The van der Waals surface area contributed by atoms with Crippen molar-refractivity contribution in [1.82, 2.24) is 4.98 Å². The van der Waals surface area contributed by atoms with E-state index < -0.39 is 5.97 Å². The zero-order chi connectivity index (χ0) is 18.8. The number of hydrogen-bond donors (Lipinski definition) is 2. The van der Waals surface area contributed by atoms with E-state index in [-0.39, 0.29) is 5.69 Å². The summed E-state index contributed by atoms with van der Waals surface area (Å²) in [7, 11) is 7.54. The maximum atomic E-state index is 11.7. The van der Waals surface area contributed by atoms with Gasteiger partial charge in [0.2, 0.25) is 0 Å². The number of rotatable bonds is 6. The molecule has 6 heteroatoms. The Kier molecular flexibility index (Phi) is 4.75. The second kappa shape index (κ2) is 7.00. The molecule has 3 rings (SSSR count). The molecule has 26 heavy (non-hydrogen) atoms. The van der Waals surface area contributed by atoms with Crippen LogP contribution in [0.4, 0.5) is 11.4 Å². The normalized spacial score (nSPS) is 10.8. The van der Waals surface area contributed by atoms with Gasteiger partial charge in [0.05, 0.1) is 16.6 Å². The van der Waals surface area contributed by atoms with Crippen molar-refractivity contribution < 1.29 is 14.6 Å². The Hall–Kier alpha value is -3.15. The lowest BCUT2D eigenvalue weighted by Crippen LogP contribution is -2.13. The molecule has 0 aliphatic heterocycles. The van der Waals surface area contributed by atoms with Gasteiger partial charge in [-0.15, -0.1) is 0 Å². The van der Waals surface area contributed by atoms with E-state index in [1.165, 1.54) is 0 Å². The molecule has 2 N–H and O–H groups in total. The van der Waals surface area contributed by atoms with Crippen LogP contribution in [0.2, 0.25) is 0 Å². The number of carbonyl (C=O) groups is 1. The molecule has 0 unspecified atom stereocenters. The summed E-state index contributed by atoms with van der Waals surface area (Å²) in [4.78, 5) is 18.5.